The van der Waals surface area contributed by atoms with Gasteiger partial charge in [-0.2, -0.15) is 0 Å². The van der Waals surface area contributed by atoms with Gasteiger partial charge < -0.3 is 21.1 Å². The Morgan fingerprint density at radius 2 is 2.04 bits per heavy atom. The number of hydrogen-bond donors (Lipinski definition) is 3. The molecule has 0 aliphatic carbocycles. The molecular weight excluding hydrogens is 313 g/mol. The average Bonchev–Trinajstić information content (AvgIpc) is 2.45. The number of carbonyl (C=O) groups excluding carboxylic acids is 1. The van der Waals surface area contributed by atoms with Crippen LogP contribution < -0.4 is 21.1 Å². The van der Waals surface area contributed by atoms with Crippen LogP contribution in [-0.4, -0.2) is 31.3 Å². The van der Waals surface area contributed by atoms with E-state index in [0.29, 0.717) is 6.54 Å². The lowest BCUT2D eigenvalue weighted by Gasteiger charge is -2.14. The van der Waals surface area contributed by atoms with Crippen molar-refractivity contribution in [2.45, 2.75) is 26.1 Å². The van der Waals surface area contributed by atoms with Crippen LogP contribution in [-0.2, 0) is 4.79 Å². The second kappa shape index (κ2) is 8.86. The monoisotopic (exact) mass is 332 g/mol. The van der Waals surface area contributed by atoms with E-state index in [-0.39, 0.29) is 30.5 Å². The first-order valence-corrected chi connectivity index (χ1v) is 7.00. The third-order valence-electron chi connectivity index (χ3n) is 2.57. The highest BCUT2D eigenvalue weighted by atomic mass is 19.4. The van der Waals surface area contributed by atoms with E-state index >= 15 is 0 Å². The fourth-order valence-corrected chi connectivity index (χ4v) is 1.59. The molecule has 0 aliphatic heterocycles. The number of halogens is 3. The maximum atomic E-state index is 12.3. The van der Waals surface area contributed by atoms with Crippen LogP contribution in [0, 0.1) is 0 Å². The van der Waals surface area contributed by atoms with Gasteiger partial charge in [0.05, 0.1) is 12.2 Å². The van der Waals surface area contributed by atoms with Gasteiger partial charge in [-0.15, -0.1) is 13.2 Å². The molecule has 0 bridgehead atoms. The number of amides is 1. The molecule has 0 unspecified atom stereocenters. The largest absolute Gasteiger partial charge is 0.573 e. The molecular formula is C14H19F3N4O2. The standard InChI is InChI=1S/C14H19F3N4O2/c1-2-8-19-12(22)7-9-20-13(18)21-10-5-3-4-6-11(10)23-14(15,16)17/h3-6H,2,7-9H2,1H3,(H,19,22)(H3,18,20,21). The van der Waals surface area contributed by atoms with Crippen molar-refractivity contribution in [3.63, 3.8) is 0 Å². The molecule has 1 rings (SSSR count). The van der Waals surface area contributed by atoms with Crippen LogP contribution in [0.25, 0.3) is 0 Å². The van der Waals surface area contributed by atoms with Crippen LogP contribution in [0.5, 0.6) is 5.75 Å². The first-order chi connectivity index (χ1) is 10.8. The zero-order chi connectivity index (χ0) is 17.3. The summed E-state index contributed by atoms with van der Waals surface area (Å²) in [6.07, 6.45) is -3.83. The Hall–Kier alpha value is -2.45. The molecule has 0 radical (unpaired) electrons. The maximum absolute atomic E-state index is 12.3. The second-order valence-corrected chi connectivity index (χ2v) is 4.54. The van der Waals surface area contributed by atoms with E-state index in [1.54, 1.807) is 0 Å². The number of nitrogens with one attached hydrogen (secondary N) is 2. The Kier molecular flexibility index (Phi) is 7.17. The fourth-order valence-electron chi connectivity index (χ4n) is 1.59. The summed E-state index contributed by atoms with van der Waals surface area (Å²) in [6, 6.07) is 5.45. The summed E-state index contributed by atoms with van der Waals surface area (Å²) >= 11 is 0. The molecule has 0 atom stereocenters. The van der Waals surface area contributed by atoms with Crippen LogP contribution in [0.1, 0.15) is 19.8 Å². The molecule has 6 nitrogen and oxygen atoms in total. The summed E-state index contributed by atoms with van der Waals surface area (Å²) in [4.78, 5) is 15.3. The van der Waals surface area contributed by atoms with Gasteiger partial charge in [0.25, 0.3) is 0 Å². The summed E-state index contributed by atoms with van der Waals surface area (Å²) in [5, 5.41) is 5.20. The number of rotatable bonds is 7. The van der Waals surface area contributed by atoms with Crippen molar-refractivity contribution < 1.29 is 22.7 Å². The van der Waals surface area contributed by atoms with Gasteiger partial charge in [0, 0.05) is 13.0 Å². The predicted molar refractivity (Wildman–Crippen MR) is 81.2 cm³/mol. The van der Waals surface area contributed by atoms with Crippen LogP contribution in [0.3, 0.4) is 0 Å². The van der Waals surface area contributed by atoms with Crippen LogP contribution >= 0.6 is 0 Å². The molecule has 23 heavy (non-hydrogen) atoms. The van der Waals surface area contributed by atoms with Crippen molar-refractivity contribution in [3.8, 4) is 5.75 Å². The Morgan fingerprint density at radius 3 is 2.70 bits per heavy atom. The van der Waals surface area contributed by atoms with Crippen molar-refractivity contribution >= 4 is 17.6 Å². The van der Waals surface area contributed by atoms with Crippen molar-refractivity contribution in [3.05, 3.63) is 24.3 Å². The van der Waals surface area contributed by atoms with E-state index < -0.39 is 12.1 Å². The molecule has 1 aromatic carbocycles. The molecule has 1 aromatic rings. The normalized spacial score (nSPS) is 11.9. The summed E-state index contributed by atoms with van der Waals surface area (Å²) < 4.78 is 40.8. The number of nitrogens with two attached hydrogens (primary N) is 1. The lowest BCUT2D eigenvalue weighted by molar-refractivity contribution is -0.274. The fraction of sp³-hybridized carbons (Fsp3) is 0.429. The van der Waals surface area contributed by atoms with Gasteiger partial charge in [-0.3, -0.25) is 9.79 Å². The number of benzene rings is 1. The Bertz CT molecular complexity index is 547. The number of nitrogens with zero attached hydrogens (tertiary/aromatic N) is 1. The van der Waals surface area contributed by atoms with E-state index in [0.717, 1.165) is 12.5 Å². The first-order valence-electron chi connectivity index (χ1n) is 7.00. The highest BCUT2D eigenvalue weighted by Gasteiger charge is 2.32. The topological polar surface area (TPSA) is 88.7 Å². The summed E-state index contributed by atoms with van der Waals surface area (Å²) in [6.45, 7) is 2.63. The Morgan fingerprint density at radius 1 is 1.35 bits per heavy atom. The number of carbonyl (C=O) groups is 1. The molecule has 1 amide bonds. The van der Waals surface area contributed by atoms with E-state index in [1.165, 1.54) is 18.2 Å². The number of guanidine groups is 1. The molecule has 4 N–H and O–H groups in total. The minimum absolute atomic E-state index is 0.0292. The minimum Gasteiger partial charge on any atom is -0.404 e. The van der Waals surface area contributed by atoms with Gasteiger partial charge in [0.2, 0.25) is 5.91 Å². The van der Waals surface area contributed by atoms with Gasteiger partial charge in [0.1, 0.15) is 0 Å². The third kappa shape index (κ3) is 7.93. The highest BCUT2D eigenvalue weighted by molar-refractivity contribution is 5.93. The molecule has 128 valence electrons. The van der Waals surface area contributed by atoms with Crippen LogP contribution in [0.2, 0.25) is 0 Å². The Balaban J connectivity index is 2.58. The highest BCUT2D eigenvalue weighted by Crippen LogP contribution is 2.29. The first kappa shape index (κ1) is 18.6. The molecule has 0 aromatic heterocycles. The van der Waals surface area contributed by atoms with Gasteiger partial charge in [-0.1, -0.05) is 19.1 Å². The molecule has 0 heterocycles. The quantitative estimate of drug-likeness (QED) is 0.528. The molecule has 0 spiro atoms. The lowest BCUT2D eigenvalue weighted by Crippen LogP contribution is -2.27. The van der Waals surface area contributed by atoms with Gasteiger partial charge in [-0.25, -0.2) is 0 Å². The van der Waals surface area contributed by atoms with Gasteiger partial charge in [-0.05, 0) is 18.6 Å². The average molecular weight is 332 g/mol. The zero-order valence-electron chi connectivity index (χ0n) is 12.6. The number of aliphatic imine (C=N–C) groups is 1. The van der Waals surface area contributed by atoms with E-state index in [2.05, 4.69) is 20.4 Å². The number of hydrogen-bond acceptors (Lipinski definition) is 3. The Labute approximate surface area is 131 Å². The molecule has 0 aliphatic rings. The second-order valence-electron chi connectivity index (χ2n) is 4.54. The summed E-state index contributed by atoms with van der Waals surface area (Å²) in [5.41, 5.74) is 5.62. The van der Waals surface area contributed by atoms with Crippen molar-refractivity contribution in [1.82, 2.24) is 5.32 Å². The number of alkyl halides is 3. The van der Waals surface area contributed by atoms with Crippen LogP contribution in [0.15, 0.2) is 29.3 Å². The number of anilines is 1. The van der Waals surface area contributed by atoms with E-state index in [1.807, 2.05) is 6.92 Å². The number of para-hydroxylation sites is 2. The zero-order valence-corrected chi connectivity index (χ0v) is 12.6. The SMILES string of the molecule is CCCNC(=O)CCN=C(N)Nc1ccccc1OC(F)(F)F. The predicted octanol–water partition coefficient (Wildman–Crippen LogP) is 2.23. The van der Waals surface area contributed by atoms with Gasteiger partial charge >= 0.3 is 6.36 Å². The molecule has 0 saturated carbocycles. The smallest absolute Gasteiger partial charge is 0.404 e. The van der Waals surface area contributed by atoms with E-state index in [4.69, 9.17) is 5.73 Å². The van der Waals surface area contributed by atoms with E-state index in [9.17, 15) is 18.0 Å². The molecule has 0 fully saturated rings. The number of ether oxygens (including phenoxy) is 1. The van der Waals surface area contributed by atoms with Crippen molar-refractivity contribution in [2.24, 2.45) is 10.7 Å². The summed E-state index contributed by atoms with van der Waals surface area (Å²) in [5.74, 6) is -0.686. The van der Waals surface area contributed by atoms with Crippen LogP contribution in [0.4, 0.5) is 18.9 Å². The van der Waals surface area contributed by atoms with Crippen molar-refractivity contribution in [2.75, 3.05) is 18.4 Å². The lowest BCUT2D eigenvalue weighted by atomic mass is 10.3. The molecule has 0 saturated heterocycles. The minimum atomic E-state index is -4.80. The third-order valence-corrected chi connectivity index (χ3v) is 2.57. The maximum Gasteiger partial charge on any atom is 0.573 e. The van der Waals surface area contributed by atoms with Crippen molar-refractivity contribution in [1.29, 1.82) is 0 Å². The van der Waals surface area contributed by atoms with Gasteiger partial charge in [0.15, 0.2) is 11.7 Å². The summed E-state index contributed by atoms with van der Waals surface area (Å²) in [7, 11) is 0. The molecule has 9 heteroatoms.